The Morgan fingerprint density at radius 1 is 1.31 bits per heavy atom. The number of aryl methyl sites for hydroxylation is 1. The van der Waals surface area contributed by atoms with Crippen LogP contribution in [0.1, 0.15) is 33.1 Å². The van der Waals surface area contributed by atoms with Crippen molar-refractivity contribution in [3.05, 3.63) is 24.5 Å². The van der Waals surface area contributed by atoms with Crippen molar-refractivity contribution in [3.63, 3.8) is 0 Å². The molecule has 0 aliphatic heterocycles. The molecule has 76 valence electrons. The molecule has 0 radical (unpaired) electrons. The maximum atomic E-state index is 6.45. The predicted octanol–water partition coefficient (Wildman–Crippen LogP) is 2.55. The number of rotatable bonds is 4. The van der Waals surface area contributed by atoms with E-state index in [-0.39, 0.29) is 0 Å². The minimum Gasteiger partial charge on any atom is -0.677 e. The first-order valence-corrected chi connectivity index (χ1v) is 5.01. The molecule has 1 aromatic heterocycles. The van der Waals surface area contributed by atoms with Crippen molar-refractivity contribution in [2.24, 2.45) is 0 Å². The summed E-state index contributed by atoms with van der Waals surface area (Å²) >= 11 is 0. The minimum atomic E-state index is 0.569. The lowest BCUT2D eigenvalue weighted by atomic mass is 10.3. The molecule has 0 aromatic carbocycles. The molecule has 3 heteroatoms. The lowest BCUT2D eigenvalue weighted by molar-refractivity contribution is -0.696. The molecule has 3 nitrogen and oxygen atoms in total. The van der Waals surface area contributed by atoms with Crippen molar-refractivity contribution in [1.29, 1.82) is 0 Å². The average molecular weight is 183 g/mol. The molecule has 0 amide bonds. The van der Waals surface area contributed by atoms with E-state index in [2.05, 4.69) is 22.7 Å². The summed E-state index contributed by atoms with van der Waals surface area (Å²) in [5.41, 5.74) is 6.45. The molecule has 0 saturated heterocycles. The summed E-state index contributed by atoms with van der Waals surface area (Å²) in [6.45, 7) is 5.90. The van der Waals surface area contributed by atoms with Crippen LogP contribution >= 0.6 is 0 Å². The van der Waals surface area contributed by atoms with Crippen LogP contribution in [0.2, 0.25) is 0 Å². The van der Waals surface area contributed by atoms with E-state index in [0.29, 0.717) is 6.54 Å². The third-order valence-electron chi connectivity index (χ3n) is 1.62. The monoisotopic (exact) mass is 183 g/mol. The number of unbranched alkanes of at least 4 members (excludes halogenated alkanes) is 1. The summed E-state index contributed by atoms with van der Waals surface area (Å²) in [7, 11) is 0. The SMILES string of the molecule is CCCC[n+]1cc[nH]c1.CCC[NH-]. The van der Waals surface area contributed by atoms with Crippen molar-refractivity contribution in [1.82, 2.24) is 4.98 Å². The second-order valence-corrected chi connectivity index (χ2v) is 2.95. The zero-order chi connectivity index (χ0) is 9.94. The zero-order valence-electron chi connectivity index (χ0n) is 8.71. The van der Waals surface area contributed by atoms with Gasteiger partial charge in [-0.05, 0) is 6.42 Å². The molecule has 1 heterocycles. The van der Waals surface area contributed by atoms with E-state index in [9.17, 15) is 0 Å². The van der Waals surface area contributed by atoms with Crippen molar-refractivity contribution in [2.75, 3.05) is 6.54 Å². The van der Waals surface area contributed by atoms with E-state index >= 15 is 0 Å². The Balaban J connectivity index is 0.000000310. The van der Waals surface area contributed by atoms with E-state index in [1.54, 1.807) is 0 Å². The first-order chi connectivity index (χ1) is 6.35. The summed E-state index contributed by atoms with van der Waals surface area (Å²) in [6.07, 6.45) is 9.49. The van der Waals surface area contributed by atoms with Gasteiger partial charge < -0.3 is 5.73 Å². The van der Waals surface area contributed by atoms with Crippen molar-refractivity contribution >= 4 is 0 Å². The summed E-state index contributed by atoms with van der Waals surface area (Å²) < 4.78 is 2.16. The van der Waals surface area contributed by atoms with Gasteiger partial charge in [0.15, 0.2) is 0 Å². The third kappa shape index (κ3) is 7.53. The number of aromatic amines is 1. The topological polar surface area (TPSA) is 43.5 Å². The molecule has 0 fully saturated rings. The quantitative estimate of drug-likeness (QED) is 0.697. The molecule has 0 aliphatic carbocycles. The molecule has 0 spiro atoms. The maximum absolute atomic E-state index is 6.45. The fourth-order valence-electron chi connectivity index (χ4n) is 0.800. The van der Waals surface area contributed by atoms with Crippen LogP contribution in [0.15, 0.2) is 18.7 Å². The van der Waals surface area contributed by atoms with Gasteiger partial charge in [-0.25, -0.2) is 4.57 Å². The van der Waals surface area contributed by atoms with Crippen molar-refractivity contribution in [3.8, 4) is 0 Å². The van der Waals surface area contributed by atoms with Crippen LogP contribution in [-0.4, -0.2) is 11.5 Å². The number of nitrogens with one attached hydrogen (secondary N) is 2. The smallest absolute Gasteiger partial charge is 0.241 e. The molecule has 2 N–H and O–H groups in total. The number of nitrogens with zero attached hydrogens (tertiary/aromatic N) is 1. The van der Waals surface area contributed by atoms with Crippen molar-refractivity contribution in [2.45, 2.75) is 39.7 Å². The van der Waals surface area contributed by atoms with Gasteiger partial charge in [-0.2, -0.15) is 6.54 Å². The lowest BCUT2D eigenvalue weighted by Crippen LogP contribution is -2.29. The normalized spacial score (nSPS) is 9.15. The van der Waals surface area contributed by atoms with Crippen LogP contribution in [0.4, 0.5) is 0 Å². The highest BCUT2D eigenvalue weighted by molar-refractivity contribution is 4.55. The molecular formula is C10H21N3. The minimum absolute atomic E-state index is 0.569. The molecule has 0 aliphatic rings. The summed E-state index contributed by atoms with van der Waals surface area (Å²) in [4.78, 5) is 3.00. The molecule has 0 atom stereocenters. The van der Waals surface area contributed by atoms with Crippen LogP contribution in [0.25, 0.3) is 5.73 Å². The summed E-state index contributed by atoms with van der Waals surface area (Å²) in [5, 5.41) is 0. The second kappa shape index (κ2) is 9.26. The molecule has 1 aromatic rings. The van der Waals surface area contributed by atoms with E-state index in [1.807, 2.05) is 19.4 Å². The number of hydrogen-bond donors (Lipinski definition) is 1. The fourth-order valence-corrected chi connectivity index (χ4v) is 0.800. The Morgan fingerprint density at radius 3 is 2.38 bits per heavy atom. The van der Waals surface area contributed by atoms with E-state index in [0.717, 1.165) is 13.0 Å². The summed E-state index contributed by atoms with van der Waals surface area (Å²) in [5.74, 6) is 0. The van der Waals surface area contributed by atoms with Gasteiger partial charge in [0.25, 0.3) is 0 Å². The van der Waals surface area contributed by atoms with E-state index in [4.69, 9.17) is 5.73 Å². The Bertz CT molecular complexity index is 168. The number of imidazole rings is 1. The van der Waals surface area contributed by atoms with Crippen LogP contribution < -0.4 is 4.57 Å². The standard InChI is InChI=1S/C7H12N2.C3H8N/c1-2-3-5-9-6-4-8-7-9;1-2-3-4/h4,6-7H,2-3,5H2,1H3;4H,2-3H2,1H3/q;-1/p+1. The Morgan fingerprint density at radius 2 is 2.00 bits per heavy atom. The lowest BCUT2D eigenvalue weighted by Gasteiger charge is -1.89. The summed E-state index contributed by atoms with van der Waals surface area (Å²) in [6, 6.07) is 0. The van der Waals surface area contributed by atoms with Crippen LogP contribution in [0.3, 0.4) is 0 Å². The van der Waals surface area contributed by atoms with Gasteiger partial charge in [0.05, 0.1) is 6.54 Å². The van der Waals surface area contributed by atoms with E-state index < -0.39 is 0 Å². The third-order valence-corrected chi connectivity index (χ3v) is 1.62. The second-order valence-electron chi connectivity index (χ2n) is 2.95. The molecule has 13 heavy (non-hydrogen) atoms. The Labute approximate surface area is 81.0 Å². The Kier molecular flexibility index (Phi) is 8.67. The van der Waals surface area contributed by atoms with Gasteiger partial charge in [-0.15, -0.1) is 0 Å². The molecular weight excluding hydrogens is 162 g/mol. The van der Waals surface area contributed by atoms with Gasteiger partial charge in [0.2, 0.25) is 6.33 Å². The predicted molar refractivity (Wildman–Crippen MR) is 55.4 cm³/mol. The average Bonchev–Trinajstić information content (AvgIpc) is 2.67. The first kappa shape index (κ1) is 12.2. The van der Waals surface area contributed by atoms with E-state index in [1.165, 1.54) is 12.8 Å². The molecule has 0 saturated carbocycles. The number of H-pyrrole nitrogens is 1. The zero-order valence-corrected chi connectivity index (χ0v) is 8.71. The molecule has 1 rings (SSSR count). The first-order valence-electron chi connectivity index (χ1n) is 5.01. The van der Waals surface area contributed by atoms with Crippen LogP contribution in [0.5, 0.6) is 0 Å². The van der Waals surface area contributed by atoms with Crippen molar-refractivity contribution < 1.29 is 4.57 Å². The number of aromatic nitrogens is 2. The van der Waals surface area contributed by atoms with Gasteiger partial charge in [-0.1, -0.05) is 26.7 Å². The highest BCUT2D eigenvalue weighted by Crippen LogP contribution is 1.84. The highest BCUT2D eigenvalue weighted by Gasteiger charge is 1.92. The molecule has 0 bridgehead atoms. The number of hydrogen-bond acceptors (Lipinski definition) is 0. The van der Waals surface area contributed by atoms with Gasteiger partial charge >= 0.3 is 0 Å². The maximum Gasteiger partial charge on any atom is 0.241 e. The highest BCUT2D eigenvalue weighted by atomic mass is 15.0. The van der Waals surface area contributed by atoms with Gasteiger partial charge in [0.1, 0.15) is 12.4 Å². The fraction of sp³-hybridized carbons (Fsp3) is 0.700. The van der Waals surface area contributed by atoms with Gasteiger partial charge in [-0.3, -0.25) is 4.98 Å². The van der Waals surface area contributed by atoms with Crippen LogP contribution in [0, 0.1) is 0 Å². The van der Waals surface area contributed by atoms with Gasteiger partial charge in [0, 0.05) is 0 Å². The van der Waals surface area contributed by atoms with Crippen LogP contribution in [-0.2, 0) is 6.54 Å². The largest absolute Gasteiger partial charge is 0.677 e. The molecule has 0 unspecified atom stereocenters. The Hall–Kier alpha value is -0.830.